The van der Waals surface area contributed by atoms with Crippen molar-refractivity contribution in [1.82, 2.24) is 20.1 Å². The molecule has 1 fully saturated rings. The van der Waals surface area contributed by atoms with Crippen molar-refractivity contribution in [2.24, 2.45) is 0 Å². The van der Waals surface area contributed by atoms with Gasteiger partial charge in [-0.25, -0.2) is 0 Å². The number of rotatable bonds is 7. The van der Waals surface area contributed by atoms with Crippen molar-refractivity contribution in [3.05, 3.63) is 18.5 Å². The number of aromatic nitrogens is 3. The minimum atomic E-state index is -0.118. The van der Waals surface area contributed by atoms with Crippen molar-refractivity contribution < 1.29 is 4.79 Å². The number of nitrogens with one attached hydrogen (secondary N) is 1. The van der Waals surface area contributed by atoms with Gasteiger partial charge in [0.05, 0.1) is 0 Å². The Morgan fingerprint density at radius 2 is 2.25 bits per heavy atom. The van der Waals surface area contributed by atoms with Crippen molar-refractivity contribution >= 4 is 17.7 Å². The largest absolute Gasteiger partial charge is 0.353 e. The molecule has 1 aromatic heterocycles. The normalized spacial score (nSPS) is 15.4. The molecule has 0 aromatic carbocycles. The molecule has 0 aliphatic heterocycles. The lowest BCUT2D eigenvalue weighted by Crippen LogP contribution is -2.22. The van der Waals surface area contributed by atoms with Crippen LogP contribution >= 0.6 is 11.8 Å². The minimum absolute atomic E-state index is 0.118. The van der Waals surface area contributed by atoms with Gasteiger partial charge in [-0.3, -0.25) is 4.79 Å². The van der Waals surface area contributed by atoms with Crippen LogP contribution in [0.1, 0.15) is 44.0 Å². The van der Waals surface area contributed by atoms with E-state index in [2.05, 4.69) is 26.7 Å². The molecule has 0 bridgehead atoms. The van der Waals surface area contributed by atoms with Gasteiger partial charge in [0, 0.05) is 19.0 Å². The lowest BCUT2D eigenvalue weighted by Gasteiger charge is -2.16. The molecule has 0 saturated heterocycles. The first-order valence-electron chi connectivity index (χ1n) is 7.14. The Hall–Kier alpha value is -1.30. The Kier molecular flexibility index (Phi) is 5.64. The molecule has 1 heterocycles. The summed E-state index contributed by atoms with van der Waals surface area (Å²) in [5.41, 5.74) is 0. The third-order valence-electron chi connectivity index (χ3n) is 3.67. The highest BCUT2D eigenvalue weighted by molar-refractivity contribution is 7.98. The van der Waals surface area contributed by atoms with Gasteiger partial charge in [-0.1, -0.05) is 31.2 Å². The fraction of sp³-hybridized carbons (Fsp3) is 0.643. The van der Waals surface area contributed by atoms with Gasteiger partial charge < -0.3 is 9.88 Å². The van der Waals surface area contributed by atoms with Crippen LogP contribution in [0, 0.1) is 0 Å². The fourth-order valence-corrected chi connectivity index (χ4v) is 3.25. The first kappa shape index (κ1) is 15.1. The summed E-state index contributed by atoms with van der Waals surface area (Å²) in [7, 11) is 0. The lowest BCUT2D eigenvalue weighted by molar-refractivity contribution is -0.116. The van der Waals surface area contributed by atoms with E-state index in [1.165, 1.54) is 31.8 Å². The predicted octanol–water partition coefficient (Wildman–Crippen LogP) is 2.35. The van der Waals surface area contributed by atoms with E-state index in [-0.39, 0.29) is 5.91 Å². The number of aryl methyl sites for hydroxylation is 1. The van der Waals surface area contributed by atoms with E-state index in [9.17, 15) is 4.79 Å². The molecular formula is C14H22N4OS. The monoisotopic (exact) mass is 294 g/mol. The van der Waals surface area contributed by atoms with Crippen LogP contribution in [-0.2, 0) is 11.2 Å². The minimum Gasteiger partial charge on any atom is -0.353 e. The molecule has 1 saturated carbocycles. The SMILES string of the molecule is C=CC(=O)NCCCc1nnc(SC)n1C1CCCC1. The second kappa shape index (κ2) is 7.47. The summed E-state index contributed by atoms with van der Waals surface area (Å²) in [6, 6.07) is 0.560. The Bertz CT molecular complexity index is 466. The number of hydrogen-bond acceptors (Lipinski definition) is 4. The van der Waals surface area contributed by atoms with Gasteiger partial charge in [0.15, 0.2) is 5.16 Å². The van der Waals surface area contributed by atoms with E-state index in [0.29, 0.717) is 12.6 Å². The quantitative estimate of drug-likeness (QED) is 0.476. The molecule has 1 aliphatic rings. The van der Waals surface area contributed by atoms with Crippen LogP contribution in [0.2, 0.25) is 0 Å². The van der Waals surface area contributed by atoms with E-state index in [1.807, 2.05) is 6.26 Å². The van der Waals surface area contributed by atoms with Crippen LogP contribution in [0.25, 0.3) is 0 Å². The van der Waals surface area contributed by atoms with Gasteiger partial charge in [-0.15, -0.1) is 10.2 Å². The number of carbonyl (C=O) groups excluding carboxylic acids is 1. The van der Waals surface area contributed by atoms with Crippen LogP contribution in [0.3, 0.4) is 0 Å². The van der Waals surface area contributed by atoms with Gasteiger partial charge in [0.25, 0.3) is 0 Å². The number of carbonyl (C=O) groups is 1. The summed E-state index contributed by atoms with van der Waals surface area (Å²) in [5.74, 6) is 0.932. The first-order chi connectivity index (χ1) is 9.76. The Labute approximate surface area is 124 Å². The smallest absolute Gasteiger partial charge is 0.243 e. The highest BCUT2D eigenvalue weighted by Gasteiger charge is 2.23. The van der Waals surface area contributed by atoms with Crippen molar-refractivity contribution in [3.63, 3.8) is 0 Å². The van der Waals surface area contributed by atoms with Crippen molar-refractivity contribution in [1.29, 1.82) is 0 Å². The van der Waals surface area contributed by atoms with Crippen LogP contribution in [0.4, 0.5) is 0 Å². The van der Waals surface area contributed by atoms with Gasteiger partial charge in [-0.2, -0.15) is 0 Å². The maximum absolute atomic E-state index is 11.1. The summed E-state index contributed by atoms with van der Waals surface area (Å²) in [6.07, 6.45) is 10.1. The van der Waals surface area contributed by atoms with Gasteiger partial charge in [-0.05, 0) is 31.6 Å². The average Bonchev–Trinajstić information content (AvgIpc) is 3.11. The van der Waals surface area contributed by atoms with Crippen molar-refractivity contribution in [2.75, 3.05) is 12.8 Å². The van der Waals surface area contributed by atoms with Crippen molar-refractivity contribution in [2.45, 2.75) is 49.7 Å². The molecule has 2 rings (SSSR count). The van der Waals surface area contributed by atoms with Gasteiger partial charge in [0.2, 0.25) is 5.91 Å². The zero-order chi connectivity index (χ0) is 14.4. The second-order valence-corrected chi connectivity index (χ2v) is 5.78. The lowest BCUT2D eigenvalue weighted by atomic mass is 10.2. The zero-order valence-electron chi connectivity index (χ0n) is 12.0. The number of hydrogen-bond donors (Lipinski definition) is 1. The molecule has 0 spiro atoms. The summed E-state index contributed by atoms with van der Waals surface area (Å²) < 4.78 is 2.31. The van der Waals surface area contributed by atoms with Gasteiger partial charge >= 0.3 is 0 Å². The first-order valence-corrected chi connectivity index (χ1v) is 8.36. The molecule has 5 nitrogen and oxygen atoms in total. The molecule has 0 radical (unpaired) electrons. The third kappa shape index (κ3) is 3.62. The van der Waals surface area contributed by atoms with E-state index in [4.69, 9.17) is 0 Å². The molecule has 1 aromatic rings. The number of thioether (sulfide) groups is 1. The van der Waals surface area contributed by atoms with Crippen LogP contribution in [0.5, 0.6) is 0 Å². The maximum Gasteiger partial charge on any atom is 0.243 e. The fourth-order valence-electron chi connectivity index (χ4n) is 2.68. The van der Waals surface area contributed by atoms with E-state index < -0.39 is 0 Å². The molecule has 1 aliphatic carbocycles. The zero-order valence-corrected chi connectivity index (χ0v) is 12.8. The molecule has 0 unspecified atom stereocenters. The van der Waals surface area contributed by atoms with E-state index in [0.717, 1.165) is 23.8 Å². The molecule has 20 heavy (non-hydrogen) atoms. The number of amides is 1. The van der Waals surface area contributed by atoms with Crippen molar-refractivity contribution in [3.8, 4) is 0 Å². The number of nitrogens with zero attached hydrogens (tertiary/aromatic N) is 3. The summed E-state index contributed by atoms with van der Waals surface area (Å²) >= 11 is 1.66. The summed E-state index contributed by atoms with van der Waals surface area (Å²) in [6.45, 7) is 4.09. The molecular weight excluding hydrogens is 272 g/mol. The van der Waals surface area contributed by atoms with Crippen LogP contribution < -0.4 is 5.32 Å². The highest BCUT2D eigenvalue weighted by Crippen LogP contribution is 2.33. The Morgan fingerprint density at radius 3 is 2.90 bits per heavy atom. The van der Waals surface area contributed by atoms with Crippen LogP contribution in [-0.4, -0.2) is 33.5 Å². The molecule has 6 heteroatoms. The molecule has 1 N–H and O–H groups in total. The second-order valence-electron chi connectivity index (χ2n) is 5.01. The van der Waals surface area contributed by atoms with E-state index in [1.54, 1.807) is 11.8 Å². The van der Waals surface area contributed by atoms with E-state index >= 15 is 0 Å². The maximum atomic E-state index is 11.1. The average molecular weight is 294 g/mol. The molecule has 1 amide bonds. The van der Waals surface area contributed by atoms with Crippen LogP contribution in [0.15, 0.2) is 17.8 Å². The van der Waals surface area contributed by atoms with Gasteiger partial charge in [0.1, 0.15) is 5.82 Å². The predicted molar refractivity (Wildman–Crippen MR) is 80.8 cm³/mol. The highest BCUT2D eigenvalue weighted by atomic mass is 32.2. The topological polar surface area (TPSA) is 59.8 Å². The third-order valence-corrected chi connectivity index (χ3v) is 4.31. The standard InChI is InChI=1S/C14H22N4OS/c1-3-13(19)15-10-6-9-12-16-17-14(20-2)18(12)11-7-4-5-8-11/h3,11H,1,4-10H2,2H3,(H,15,19). The molecule has 110 valence electrons. The molecule has 0 atom stereocenters. The summed E-state index contributed by atoms with van der Waals surface area (Å²) in [5, 5.41) is 12.4. The Morgan fingerprint density at radius 1 is 1.50 bits per heavy atom. The summed E-state index contributed by atoms with van der Waals surface area (Å²) in [4.78, 5) is 11.1. The Balaban J connectivity index is 1.95.